The van der Waals surface area contributed by atoms with Gasteiger partial charge in [0, 0.05) is 84.1 Å². The van der Waals surface area contributed by atoms with Gasteiger partial charge in [0.1, 0.15) is 0 Å². The maximum absolute atomic E-state index is 6.40. The fraction of sp³-hybridized carbons (Fsp3) is 0.333. The lowest BCUT2D eigenvalue weighted by Crippen LogP contribution is -2.45. The highest BCUT2D eigenvalue weighted by atomic mass is 35.5. The summed E-state index contributed by atoms with van der Waals surface area (Å²) < 4.78 is 2.36. The summed E-state index contributed by atoms with van der Waals surface area (Å²) in [5.41, 5.74) is 13.3. The van der Waals surface area contributed by atoms with Crippen LogP contribution in [-0.2, 0) is 19.6 Å². The van der Waals surface area contributed by atoms with Crippen LogP contribution in [0.5, 0.6) is 0 Å². The quantitative estimate of drug-likeness (QED) is 0.231. The van der Waals surface area contributed by atoms with Gasteiger partial charge in [-0.2, -0.15) is 0 Å². The summed E-state index contributed by atoms with van der Waals surface area (Å²) in [5.74, 6) is 0. The number of piperazine rings is 1. The first kappa shape index (κ1) is 30.8. The summed E-state index contributed by atoms with van der Waals surface area (Å²) in [6, 6.07) is 21.5. The zero-order valence-electron chi connectivity index (χ0n) is 21.7. The minimum Gasteiger partial charge on any atom is -0.347 e. The SMILES string of the molecule is Cc1ccc(-c2cn(CCCN)c3ccc(CN4CCN(Cc5c(Cl)cccc5Cl)CC4)cc23)cc1.Cl.Cl. The average molecular weight is 594 g/mol. The molecule has 1 aliphatic heterocycles. The van der Waals surface area contributed by atoms with E-state index < -0.39 is 0 Å². The molecule has 1 aliphatic rings. The molecular formula is C30H36Cl4N4. The molecule has 38 heavy (non-hydrogen) atoms. The number of aromatic nitrogens is 1. The molecule has 1 saturated heterocycles. The van der Waals surface area contributed by atoms with Crippen molar-refractivity contribution in [2.24, 2.45) is 5.73 Å². The summed E-state index contributed by atoms with van der Waals surface area (Å²) >= 11 is 12.8. The van der Waals surface area contributed by atoms with E-state index in [0.29, 0.717) is 6.54 Å². The molecule has 2 N–H and O–H groups in total. The molecule has 0 spiro atoms. The fourth-order valence-electron chi connectivity index (χ4n) is 5.12. The third kappa shape index (κ3) is 7.05. The van der Waals surface area contributed by atoms with Crippen LogP contribution in [0.2, 0.25) is 10.0 Å². The molecule has 0 bridgehead atoms. The van der Waals surface area contributed by atoms with E-state index in [4.69, 9.17) is 28.9 Å². The Balaban J connectivity index is 0.00000200. The molecule has 0 saturated carbocycles. The average Bonchev–Trinajstić information content (AvgIpc) is 3.24. The van der Waals surface area contributed by atoms with E-state index in [2.05, 4.69) is 70.0 Å². The van der Waals surface area contributed by atoms with Crippen LogP contribution in [0.3, 0.4) is 0 Å². The molecular weight excluding hydrogens is 558 g/mol. The van der Waals surface area contributed by atoms with Crippen molar-refractivity contribution in [3.05, 3.63) is 93.6 Å². The highest BCUT2D eigenvalue weighted by molar-refractivity contribution is 6.35. The van der Waals surface area contributed by atoms with Crippen molar-refractivity contribution >= 4 is 58.9 Å². The number of benzene rings is 3. The third-order valence-electron chi connectivity index (χ3n) is 7.23. The molecule has 8 heteroatoms. The van der Waals surface area contributed by atoms with Crippen molar-refractivity contribution in [2.45, 2.75) is 33.0 Å². The second-order valence-corrected chi connectivity index (χ2v) is 10.7. The number of hydrogen-bond acceptors (Lipinski definition) is 3. The van der Waals surface area contributed by atoms with Crippen LogP contribution in [0, 0.1) is 6.92 Å². The Bertz CT molecular complexity index is 1310. The topological polar surface area (TPSA) is 37.4 Å². The fourth-order valence-corrected chi connectivity index (χ4v) is 5.64. The van der Waals surface area contributed by atoms with Gasteiger partial charge in [-0.1, -0.05) is 65.2 Å². The third-order valence-corrected chi connectivity index (χ3v) is 7.93. The monoisotopic (exact) mass is 592 g/mol. The normalized spacial score (nSPS) is 14.3. The molecule has 1 fully saturated rings. The lowest BCUT2D eigenvalue weighted by Gasteiger charge is -2.35. The van der Waals surface area contributed by atoms with E-state index in [1.54, 1.807) is 0 Å². The maximum atomic E-state index is 6.40. The molecule has 4 aromatic rings. The molecule has 2 heterocycles. The second kappa shape index (κ2) is 14.0. The Kier molecular flexibility index (Phi) is 11.4. The molecule has 3 aromatic carbocycles. The van der Waals surface area contributed by atoms with Gasteiger partial charge in [-0.3, -0.25) is 9.80 Å². The van der Waals surface area contributed by atoms with Crippen LogP contribution in [0.25, 0.3) is 22.0 Å². The second-order valence-electron chi connectivity index (χ2n) is 9.85. The van der Waals surface area contributed by atoms with Crippen molar-refractivity contribution < 1.29 is 0 Å². The van der Waals surface area contributed by atoms with Crippen molar-refractivity contribution in [1.82, 2.24) is 14.4 Å². The number of nitrogens with zero attached hydrogens (tertiary/aromatic N) is 3. The summed E-state index contributed by atoms with van der Waals surface area (Å²) in [6.45, 7) is 9.61. The zero-order valence-corrected chi connectivity index (χ0v) is 24.9. The smallest absolute Gasteiger partial charge is 0.0486 e. The van der Waals surface area contributed by atoms with Crippen molar-refractivity contribution in [3.8, 4) is 11.1 Å². The highest BCUT2D eigenvalue weighted by Gasteiger charge is 2.20. The van der Waals surface area contributed by atoms with Crippen LogP contribution in [0.4, 0.5) is 0 Å². The molecule has 0 aliphatic carbocycles. The van der Waals surface area contributed by atoms with Gasteiger partial charge < -0.3 is 10.3 Å². The van der Waals surface area contributed by atoms with E-state index in [0.717, 1.165) is 67.8 Å². The summed E-state index contributed by atoms with van der Waals surface area (Å²) in [6.07, 6.45) is 3.27. The Hall–Kier alpha value is -1.76. The molecule has 0 radical (unpaired) electrons. The van der Waals surface area contributed by atoms with Gasteiger partial charge >= 0.3 is 0 Å². The first-order chi connectivity index (χ1) is 17.5. The summed E-state index contributed by atoms with van der Waals surface area (Å²) in [4.78, 5) is 4.99. The van der Waals surface area contributed by atoms with E-state index in [1.165, 1.54) is 33.2 Å². The number of fused-ring (bicyclic) bond motifs is 1. The maximum Gasteiger partial charge on any atom is 0.0486 e. The minimum atomic E-state index is 0. The van der Waals surface area contributed by atoms with Crippen molar-refractivity contribution in [2.75, 3.05) is 32.7 Å². The molecule has 204 valence electrons. The number of aryl methyl sites for hydroxylation is 2. The molecule has 0 atom stereocenters. The van der Waals surface area contributed by atoms with Gasteiger partial charge in [0.2, 0.25) is 0 Å². The van der Waals surface area contributed by atoms with Crippen LogP contribution < -0.4 is 5.73 Å². The lowest BCUT2D eigenvalue weighted by atomic mass is 10.0. The molecule has 5 rings (SSSR count). The van der Waals surface area contributed by atoms with E-state index in [1.807, 2.05) is 18.2 Å². The van der Waals surface area contributed by atoms with E-state index >= 15 is 0 Å². The summed E-state index contributed by atoms with van der Waals surface area (Å²) in [7, 11) is 0. The lowest BCUT2D eigenvalue weighted by molar-refractivity contribution is 0.122. The van der Waals surface area contributed by atoms with E-state index in [9.17, 15) is 0 Å². The molecule has 1 aromatic heterocycles. The Labute approximate surface area is 248 Å². The summed E-state index contributed by atoms with van der Waals surface area (Å²) in [5, 5.41) is 2.82. The van der Waals surface area contributed by atoms with Gasteiger partial charge in [0.05, 0.1) is 0 Å². The van der Waals surface area contributed by atoms with Crippen LogP contribution >= 0.6 is 48.0 Å². The number of halogens is 4. The van der Waals surface area contributed by atoms with Crippen LogP contribution in [0.1, 0.15) is 23.1 Å². The van der Waals surface area contributed by atoms with Gasteiger partial charge in [-0.15, -0.1) is 24.8 Å². The van der Waals surface area contributed by atoms with Gasteiger partial charge in [-0.05, 0) is 55.3 Å². The number of rotatable bonds is 8. The predicted molar refractivity (Wildman–Crippen MR) is 167 cm³/mol. The van der Waals surface area contributed by atoms with Crippen LogP contribution in [0.15, 0.2) is 66.9 Å². The van der Waals surface area contributed by atoms with Crippen molar-refractivity contribution in [1.29, 1.82) is 0 Å². The first-order valence-corrected chi connectivity index (χ1v) is 13.5. The molecule has 4 nitrogen and oxygen atoms in total. The minimum absolute atomic E-state index is 0. The standard InChI is InChI=1S/C30H34Cl2N4.2ClH/c1-22-6-9-24(10-7-22)26-21-36(13-3-12-33)30-11-8-23(18-25(26)30)19-34-14-16-35(17-15-34)20-27-28(31)4-2-5-29(27)32;;/h2,4-11,18,21H,3,12-17,19-20,33H2,1H3;2*1H. The van der Waals surface area contributed by atoms with Crippen molar-refractivity contribution in [3.63, 3.8) is 0 Å². The molecule has 0 amide bonds. The highest BCUT2D eigenvalue weighted by Crippen LogP contribution is 2.32. The first-order valence-electron chi connectivity index (χ1n) is 12.8. The molecule has 0 unspecified atom stereocenters. The van der Waals surface area contributed by atoms with E-state index in [-0.39, 0.29) is 24.8 Å². The Morgan fingerprint density at radius 1 is 0.816 bits per heavy atom. The zero-order chi connectivity index (χ0) is 25.1. The largest absolute Gasteiger partial charge is 0.347 e. The van der Waals surface area contributed by atoms with Crippen LogP contribution in [-0.4, -0.2) is 47.1 Å². The van der Waals surface area contributed by atoms with Gasteiger partial charge in [-0.25, -0.2) is 0 Å². The van der Waals surface area contributed by atoms with Gasteiger partial charge in [0.15, 0.2) is 0 Å². The predicted octanol–water partition coefficient (Wildman–Crippen LogP) is 7.43. The Morgan fingerprint density at radius 3 is 2.08 bits per heavy atom. The Morgan fingerprint density at radius 2 is 1.45 bits per heavy atom. The number of hydrogen-bond donors (Lipinski definition) is 1. The number of nitrogens with two attached hydrogens (primary N) is 1. The van der Waals surface area contributed by atoms with Gasteiger partial charge in [0.25, 0.3) is 0 Å².